The Labute approximate surface area is 135 Å². The van der Waals surface area contributed by atoms with Crippen molar-refractivity contribution in [2.24, 2.45) is 0 Å². The first-order chi connectivity index (χ1) is 11.0. The van der Waals surface area contributed by atoms with Crippen LogP contribution in [0.2, 0.25) is 0 Å². The third kappa shape index (κ3) is 2.89. The van der Waals surface area contributed by atoms with E-state index >= 15 is 0 Å². The molecule has 1 N–H and O–H groups in total. The van der Waals surface area contributed by atoms with Gasteiger partial charge < -0.3 is 9.72 Å². The first-order valence-corrected chi connectivity index (χ1v) is 7.94. The standard InChI is InChI=1S/C15H16N4O3S/c1-8(2)13-18-17-12(23-13)7-19-14(20)10-6-9(22-3)4-5-11(10)16-15(19)21/h4-6,8H,7H2,1-3H3,(H,16,21). The van der Waals surface area contributed by atoms with Gasteiger partial charge in [-0.15, -0.1) is 10.2 Å². The Morgan fingerprint density at radius 3 is 2.74 bits per heavy atom. The van der Waals surface area contributed by atoms with E-state index in [1.807, 2.05) is 13.8 Å². The highest BCUT2D eigenvalue weighted by atomic mass is 32.1. The molecule has 7 nitrogen and oxygen atoms in total. The second-order valence-corrected chi connectivity index (χ2v) is 6.52. The van der Waals surface area contributed by atoms with Crippen molar-refractivity contribution in [3.8, 4) is 5.75 Å². The van der Waals surface area contributed by atoms with Crippen LogP contribution in [0.15, 0.2) is 27.8 Å². The normalized spacial score (nSPS) is 11.3. The van der Waals surface area contributed by atoms with Crippen LogP contribution < -0.4 is 16.0 Å². The van der Waals surface area contributed by atoms with Gasteiger partial charge in [-0.2, -0.15) is 0 Å². The highest BCUT2D eigenvalue weighted by Crippen LogP contribution is 2.19. The zero-order chi connectivity index (χ0) is 16.6. The third-order valence-electron chi connectivity index (χ3n) is 3.46. The summed E-state index contributed by atoms with van der Waals surface area (Å²) < 4.78 is 6.27. The highest BCUT2D eigenvalue weighted by Gasteiger charge is 2.13. The fourth-order valence-electron chi connectivity index (χ4n) is 2.20. The summed E-state index contributed by atoms with van der Waals surface area (Å²) >= 11 is 1.41. The maximum absolute atomic E-state index is 12.6. The van der Waals surface area contributed by atoms with Gasteiger partial charge in [0.2, 0.25) is 0 Å². The van der Waals surface area contributed by atoms with E-state index in [1.54, 1.807) is 18.2 Å². The summed E-state index contributed by atoms with van der Waals surface area (Å²) in [6.45, 7) is 4.14. The number of benzene rings is 1. The molecule has 23 heavy (non-hydrogen) atoms. The Morgan fingerprint density at radius 1 is 1.30 bits per heavy atom. The Bertz CT molecular complexity index is 971. The molecule has 1 aromatic carbocycles. The van der Waals surface area contributed by atoms with E-state index in [2.05, 4.69) is 15.2 Å². The van der Waals surface area contributed by atoms with Gasteiger partial charge >= 0.3 is 5.69 Å². The van der Waals surface area contributed by atoms with Gasteiger partial charge in [-0.25, -0.2) is 4.79 Å². The second kappa shape index (κ2) is 5.96. The molecule has 0 amide bonds. The topological polar surface area (TPSA) is 89.9 Å². The molecule has 0 atom stereocenters. The summed E-state index contributed by atoms with van der Waals surface area (Å²) in [6.07, 6.45) is 0. The number of H-pyrrole nitrogens is 1. The third-order valence-corrected chi connectivity index (χ3v) is 4.67. The lowest BCUT2D eigenvalue weighted by atomic mass is 10.2. The summed E-state index contributed by atoms with van der Waals surface area (Å²) in [5.41, 5.74) is -0.352. The lowest BCUT2D eigenvalue weighted by Crippen LogP contribution is -2.35. The van der Waals surface area contributed by atoms with Crippen LogP contribution in [-0.4, -0.2) is 26.9 Å². The number of fused-ring (bicyclic) bond motifs is 1. The number of aromatic nitrogens is 4. The summed E-state index contributed by atoms with van der Waals surface area (Å²) in [5, 5.41) is 10.1. The van der Waals surface area contributed by atoms with E-state index in [1.165, 1.54) is 18.4 Å². The molecule has 0 saturated heterocycles. The number of hydrogen-bond donors (Lipinski definition) is 1. The molecule has 2 aromatic heterocycles. The monoisotopic (exact) mass is 332 g/mol. The predicted octanol–water partition coefficient (Wildman–Crippen LogP) is 1.72. The molecule has 0 bridgehead atoms. The minimum Gasteiger partial charge on any atom is -0.497 e. The van der Waals surface area contributed by atoms with Crippen LogP contribution in [0.3, 0.4) is 0 Å². The largest absolute Gasteiger partial charge is 0.497 e. The van der Waals surface area contributed by atoms with E-state index in [-0.39, 0.29) is 18.0 Å². The number of nitrogens with one attached hydrogen (secondary N) is 1. The molecule has 0 unspecified atom stereocenters. The van der Waals surface area contributed by atoms with Crippen molar-refractivity contribution < 1.29 is 4.74 Å². The Kier molecular flexibility index (Phi) is 3.99. The van der Waals surface area contributed by atoms with Gasteiger partial charge in [0.25, 0.3) is 5.56 Å². The summed E-state index contributed by atoms with van der Waals surface area (Å²) in [5.74, 6) is 0.823. The van der Waals surface area contributed by atoms with E-state index in [9.17, 15) is 9.59 Å². The average Bonchev–Trinajstić information content (AvgIpc) is 3.00. The van der Waals surface area contributed by atoms with Gasteiger partial charge in [0.05, 0.1) is 24.6 Å². The van der Waals surface area contributed by atoms with Crippen LogP contribution in [0.25, 0.3) is 10.9 Å². The highest BCUT2D eigenvalue weighted by molar-refractivity contribution is 7.11. The van der Waals surface area contributed by atoms with Gasteiger partial charge in [-0.3, -0.25) is 9.36 Å². The molecule has 0 saturated carbocycles. The molecular weight excluding hydrogens is 316 g/mol. The molecule has 3 aromatic rings. The Hall–Kier alpha value is -2.48. The molecule has 0 fully saturated rings. The molecule has 120 valence electrons. The fourth-order valence-corrected chi connectivity index (χ4v) is 3.03. The molecular formula is C15H16N4O3S. The van der Waals surface area contributed by atoms with Gasteiger partial charge in [-0.05, 0) is 18.2 Å². The number of methoxy groups -OCH3 is 1. The second-order valence-electron chi connectivity index (χ2n) is 5.42. The van der Waals surface area contributed by atoms with Crippen LogP contribution in [0, 0.1) is 0 Å². The smallest absolute Gasteiger partial charge is 0.329 e. The van der Waals surface area contributed by atoms with E-state index in [0.29, 0.717) is 21.7 Å². The number of rotatable bonds is 4. The minimum atomic E-state index is -0.464. The first kappa shape index (κ1) is 15.4. The maximum atomic E-state index is 12.6. The van der Waals surface area contributed by atoms with E-state index in [4.69, 9.17) is 4.74 Å². The number of ether oxygens (including phenoxy) is 1. The number of hydrogen-bond acceptors (Lipinski definition) is 6. The van der Waals surface area contributed by atoms with Gasteiger partial charge in [0.15, 0.2) is 0 Å². The van der Waals surface area contributed by atoms with Crippen molar-refractivity contribution in [1.82, 2.24) is 19.7 Å². The van der Waals surface area contributed by atoms with Crippen LogP contribution in [0.4, 0.5) is 0 Å². The van der Waals surface area contributed by atoms with Gasteiger partial charge in [0.1, 0.15) is 15.8 Å². The molecule has 0 spiro atoms. The lowest BCUT2D eigenvalue weighted by Gasteiger charge is -2.06. The van der Waals surface area contributed by atoms with E-state index in [0.717, 1.165) is 9.57 Å². The predicted molar refractivity (Wildman–Crippen MR) is 88.5 cm³/mol. The summed E-state index contributed by atoms with van der Waals surface area (Å²) in [6, 6.07) is 4.97. The van der Waals surface area contributed by atoms with Crippen LogP contribution in [-0.2, 0) is 6.54 Å². The van der Waals surface area contributed by atoms with Crippen molar-refractivity contribution in [3.63, 3.8) is 0 Å². The minimum absolute atomic E-state index is 0.103. The SMILES string of the molecule is COc1ccc2[nH]c(=O)n(Cc3nnc(C(C)C)s3)c(=O)c2c1. The molecule has 8 heteroatoms. The lowest BCUT2D eigenvalue weighted by molar-refractivity contribution is 0.415. The van der Waals surface area contributed by atoms with Crippen molar-refractivity contribution in [2.75, 3.05) is 7.11 Å². The van der Waals surface area contributed by atoms with Crippen LogP contribution in [0.5, 0.6) is 5.75 Å². The quantitative estimate of drug-likeness (QED) is 0.786. The van der Waals surface area contributed by atoms with Gasteiger partial charge in [0, 0.05) is 5.92 Å². The Balaban J connectivity index is 2.09. The zero-order valence-corrected chi connectivity index (χ0v) is 13.8. The fraction of sp³-hybridized carbons (Fsp3) is 0.333. The first-order valence-electron chi connectivity index (χ1n) is 7.12. The number of aromatic amines is 1. The summed E-state index contributed by atoms with van der Waals surface area (Å²) in [4.78, 5) is 27.5. The molecule has 0 radical (unpaired) electrons. The van der Waals surface area contributed by atoms with Crippen molar-refractivity contribution in [2.45, 2.75) is 26.3 Å². The molecule has 0 aliphatic carbocycles. The molecule has 0 aliphatic heterocycles. The number of nitrogens with zero attached hydrogens (tertiary/aromatic N) is 3. The summed E-state index contributed by atoms with van der Waals surface area (Å²) in [7, 11) is 1.53. The van der Waals surface area contributed by atoms with Gasteiger partial charge in [-0.1, -0.05) is 25.2 Å². The maximum Gasteiger partial charge on any atom is 0.329 e. The van der Waals surface area contributed by atoms with Crippen molar-refractivity contribution >= 4 is 22.2 Å². The molecule has 0 aliphatic rings. The Morgan fingerprint density at radius 2 is 2.09 bits per heavy atom. The van der Waals surface area contributed by atoms with Crippen LogP contribution >= 0.6 is 11.3 Å². The van der Waals surface area contributed by atoms with Crippen molar-refractivity contribution in [1.29, 1.82) is 0 Å². The molecule has 3 rings (SSSR count). The van der Waals surface area contributed by atoms with Crippen molar-refractivity contribution in [3.05, 3.63) is 49.1 Å². The zero-order valence-electron chi connectivity index (χ0n) is 13.0. The molecule has 2 heterocycles. The average molecular weight is 332 g/mol. The van der Waals surface area contributed by atoms with E-state index < -0.39 is 5.69 Å². The van der Waals surface area contributed by atoms with Crippen LogP contribution in [0.1, 0.15) is 29.8 Å².